The van der Waals surface area contributed by atoms with E-state index in [4.69, 9.17) is 4.52 Å². The highest BCUT2D eigenvalue weighted by Crippen LogP contribution is 2.20. The Kier molecular flexibility index (Phi) is 4.86. The van der Waals surface area contributed by atoms with Gasteiger partial charge in [0.05, 0.1) is 12.2 Å². The monoisotopic (exact) mass is 395 g/mol. The van der Waals surface area contributed by atoms with Crippen LogP contribution in [0.3, 0.4) is 0 Å². The van der Waals surface area contributed by atoms with Crippen molar-refractivity contribution >= 4 is 5.91 Å². The molecule has 4 rings (SSSR count). The normalized spacial score (nSPS) is 10.9. The van der Waals surface area contributed by atoms with E-state index >= 15 is 0 Å². The Bertz CT molecular complexity index is 1150. The molecule has 0 spiro atoms. The van der Waals surface area contributed by atoms with Gasteiger partial charge in [-0.25, -0.2) is 8.78 Å². The molecule has 0 aliphatic rings. The van der Waals surface area contributed by atoms with Crippen molar-refractivity contribution in [3.63, 3.8) is 0 Å². The minimum absolute atomic E-state index is 0.00941. The van der Waals surface area contributed by atoms with Gasteiger partial charge in [0.25, 0.3) is 5.91 Å². The van der Waals surface area contributed by atoms with Gasteiger partial charge in [-0.15, -0.1) is 0 Å². The first kappa shape index (κ1) is 18.5. The van der Waals surface area contributed by atoms with Crippen LogP contribution in [0.5, 0.6) is 0 Å². The lowest BCUT2D eigenvalue weighted by atomic mass is 10.1. The van der Waals surface area contributed by atoms with E-state index in [0.717, 1.165) is 5.56 Å². The molecule has 4 aromatic rings. The summed E-state index contributed by atoms with van der Waals surface area (Å²) in [6.07, 6.45) is 0. The number of benzene rings is 2. The number of aromatic nitrogens is 4. The van der Waals surface area contributed by atoms with Gasteiger partial charge in [0.2, 0.25) is 11.7 Å². The van der Waals surface area contributed by atoms with Gasteiger partial charge in [0, 0.05) is 12.6 Å². The summed E-state index contributed by atoms with van der Waals surface area (Å²) in [6, 6.07) is 13.2. The Morgan fingerprint density at radius 1 is 1.03 bits per heavy atom. The minimum Gasteiger partial charge on any atom is -0.342 e. The molecule has 0 unspecified atom stereocenters. The van der Waals surface area contributed by atoms with E-state index in [2.05, 4.69) is 20.6 Å². The Balaban J connectivity index is 1.43. The number of carbonyl (C=O) groups excluding carboxylic acids is 1. The molecule has 2 aromatic heterocycles. The number of amides is 1. The Hall–Kier alpha value is -3.88. The standard InChI is InChI=1S/C20H15F2N5O2/c1-27-17(12-2-6-14(21)7-3-12)10-16(25-27)20(28)23-11-18-24-19(26-29-18)13-4-8-15(22)9-5-13/h2-10H,11H2,1H3,(H,23,28). The third-order valence-corrected chi connectivity index (χ3v) is 4.22. The first-order valence-corrected chi connectivity index (χ1v) is 8.66. The van der Waals surface area contributed by atoms with Crippen LogP contribution in [0, 0.1) is 11.6 Å². The van der Waals surface area contributed by atoms with E-state index in [9.17, 15) is 13.6 Å². The van der Waals surface area contributed by atoms with Crippen LogP contribution in [-0.2, 0) is 13.6 Å². The molecule has 0 bridgehead atoms. The molecule has 0 saturated carbocycles. The Morgan fingerprint density at radius 2 is 1.66 bits per heavy atom. The third-order valence-electron chi connectivity index (χ3n) is 4.22. The predicted octanol–water partition coefficient (Wildman–Crippen LogP) is 3.35. The van der Waals surface area contributed by atoms with Gasteiger partial charge in [-0.1, -0.05) is 5.16 Å². The summed E-state index contributed by atoms with van der Waals surface area (Å²) in [5.41, 5.74) is 2.21. The quantitative estimate of drug-likeness (QED) is 0.560. The molecule has 29 heavy (non-hydrogen) atoms. The molecule has 0 saturated heterocycles. The summed E-state index contributed by atoms with van der Waals surface area (Å²) >= 11 is 0. The summed E-state index contributed by atoms with van der Waals surface area (Å²) in [5, 5.41) is 10.7. The molecule has 2 heterocycles. The summed E-state index contributed by atoms with van der Waals surface area (Å²) in [7, 11) is 1.70. The van der Waals surface area contributed by atoms with E-state index in [0.29, 0.717) is 17.1 Å². The van der Waals surface area contributed by atoms with Gasteiger partial charge in [-0.2, -0.15) is 10.1 Å². The fraction of sp³-hybridized carbons (Fsp3) is 0.100. The second kappa shape index (κ2) is 7.63. The zero-order valence-electron chi connectivity index (χ0n) is 15.3. The fourth-order valence-electron chi connectivity index (χ4n) is 2.76. The van der Waals surface area contributed by atoms with Crippen molar-refractivity contribution in [1.82, 2.24) is 25.2 Å². The van der Waals surface area contributed by atoms with E-state index in [1.54, 1.807) is 29.9 Å². The van der Waals surface area contributed by atoms with Gasteiger partial charge >= 0.3 is 0 Å². The molecule has 7 nitrogen and oxygen atoms in total. The minimum atomic E-state index is -0.421. The van der Waals surface area contributed by atoms with E-state index in [1.807, 2.05) is 0 Å². The van der Waals surface area contributed by atoms with Crippen LogP contribution in [0.4, 0.5) is 8.78 Å². The Morgan fingerprint density at radius 3 is 2.31 bits per heavy atom. The van der Waals surface area contributed by atoms with Crippen LogP contribution in [0.1, 0.15) is 16.4 Å². The van der Waals surface area contributed by atoms with E-state index in [-0.39, 0.29) is 29.8 Å². The number of nitrogens with one attached hydrogen (secondary N) is 1. The highest BCUT2D eigenvalue weighted by molar-refractivity contribution is 5.93. The van der Waals surface area contributed by atoms with Gasteiger partial charge < -0.3 is 9.84 Å². The third kappa shape index (κ3) is 4.03. The average molecular weight is 395 g/mol. The molecule has 0 radical (unpaired) electrons. The van der Waals surface area contributed by atoms with Crippen molar-refractivity contribution in [2.45, 2.75) is 6.54 Å². The van der Waals surface area contributed by atoms with Crippen molar-refractivity contribution in [3.05, 3.63) is 77.8 Å². The highest BCUT2D eigenvalue weighted by atomic mass is 19.1. The summed E-state index contributed by atoms with van der Waals surface area (Å²) in [6.45, 7) is 0.00941. The number of nitrogens with zero attached hydrogens (tertiary/aromatic N) is 4. The largest absolute Gasteiger partial charge is 0.342 e. The number of aryl methyl sites for hydroxylation is 1. The number of hydrogen-bond acceptors (Lipinski definition) is 5. The molecule has 0 aliphatic carbocycles. The maximum atomic E-state index is 13.1. The molecular weight excluding hydrogens is 380 g/mol. The van der Waals surface area contributed by atoms with Crippen molar-refractivity contribution < 1.29 is 18.1 Å². The zero-order valence-corrected chi connectivity index (χ0v) is 15.3. The summed E-state index contributed by atoms with van der Waals surface area (Å²) in [5.74, 6) is -0.623. The van der Waals surface area contributed by atoms with Crippen molar-refractivity contribution in [2.75, 3.05) is 0 Å². The van der Waals surface area contributed by atoms with Gasteiger partial charge in [0.1, 0.15) is 11.6 Å². The number of carbonyl (C=O) groups is 1. The Labute approximate surface area is 164 Å². The van der Waals surface area contributed by atoms with Gasteiger partial charge in [0.15, 0.2) is 5.69 Å². The van der Waals surface area contributed by atoms with E-state index in [1.165, 1.54) is 36.4 Å². The SMILES string of the molecule is Cn1nc(C(=O)NCc2nc(-c3ccc(F)cc3)no2)cc1-c1ccc(F)cc1. The number of halogens is 2. The molecule has 0 aliphatic heterocycles. The second-order valence-corrected chi connectivity index (χ2v) is 6.25. The molecule has 1 amide bonds. The lowest BCUT2D eigenvalue weighted by Gasteiger charge is -2.00. The average Bonchev–Trinajstić information content (AvgIpc) is 3.34. The van der Waals surface area contributed by atoms with Gasteiger partial charge in [-0.3, -0.25) is 9.48 Å². The van der Waals surface area contributed by atoms with Crippen LogP contribution in [0.2, 0.25) is 0 Å². The first-order valence-electron chi connectivity index (χ1n) is 8.66. The maximum absolute atomic E-state index is 13.1. The number of rotatable bonds is 5. The maximum Gasteiger partial charge on any atom is 0.272 e. The van der Waals surface area contributed by atoms with Gasteiger partial charge in [-0.05, 0) is 60.2 Å². The topological polar surface area (TPSA) is 85.8 Å². The summed E-state index contributed by atoms with van der Waals surface area (Å²) < 4.78 is 32.8. The lowest BCUT2D eigenvalue weighted by molar-refractivity contribution is 0.0940. The molecule has 1 N–H and O–H groups in total. The summed E-state index contributed by atoms with van der Waals surface area (Å²) in [4.78, 5) is 16.6. The molecule has 0 fully saturated rings. The van der Waals surface area contributed by atoms with Crippen molar-refractivity contribution in [3.8, 4) is 22.6 Å². The van der Waals surface area contributed by atoms with Crippen LogP contribution < -0.4 is 5.32 Å². The van der Waals surface area contributed by atoms with Crippen molar-refractivity contribution in [2.24, 2.45) is 7.05 Å². The molecule has 2 aromatic carbocycles. The molecular formula is C20H15F2N5O2. The molecule has 9 heteroatoms. The molecule has 0 atom stereocenters. The van der Waals surface area contributed by atoms with Crippen LogP contribution in [0.15, 0.2) is 59.1 Å². The van der Waals surface area contributed by atoms with Crippen LogP contribution in [-0.4, -0.2) is 25.8 Å². The van der Waals surface area contributed by atoms with E-state index < -0.39 is 5.91 Å². The molecule has 146 valence electrons. The highest BCUT2D eigenvalue weighted by Gasteiger charge is 2.16. The fourth-order valence-corrected chi connectivity index (χ4v) is 2.76. The first-order chi connectivity index (χ1) is 14.0. The second-order valence-electron chi connectivity index (χ2n) is 6.25. The van der Waals surface area contributed by atoms with Crippen LogP contribution in [0.25, 0.3) is 22.6 Å². The lowest BCUT2D eigenvalue weighted by Crippen LogP contribution is -2.23. The van der Waals surface area contributed by atoms with Crippen molar-refractivity contribution in [1.29, 1.82) is 0 Å². The van der Waals surface area contributed by atoms with Crippen LogP contribution >= 0.6 is 0 Å². The predicted molar refractivity (Wildman–Crippen MR) is 99.5 cm³/mol. The zero-order chi connectivity index (χ0) is 20.4. The smallest absolute Gasteiger partial charge is 0.272 e. The number of hydrogen-bond donors (Lipinski definition) is 1.